The maximum atomic E-state index is 12.9. The maximum absolute atomic E-state index is 12.9. The van der Waals surface area contributed by atoms with Crippen molar-refractivity contribution in [2.24, 2.45) is 0 Å². The van der Waals surface area contributed by atoms with Gasteiger partial charge in [0.15, 0.2) is 9.84 Å². The molecule has 0 saturated carbocycles. The normalized spacial score (nSPS) is 18.1. The van der Waals surface area contributed by atoms with Gasteiger partial charge in [0.25, 0.3) is 5.91 Å². The summed E-state index contributed by atoms with van der Waals surface area (Å²) in [5.74, 6) is -0.409. The number of pyridine rings is 1. The zero-order chi connectivity index (χ0) is 33.0. The van der Waals surface area contributed by atoms with Gasteiger partial charge in [0, 0.05) is 12.6 Å². The summed E-state index contributed by atoms with van der Waals surface area (Å²) in [4.78, 5) is 18.7. The fourth-order valence-electron chi connectivity index (χ4n) is 4.74. The van der Waals surface area contributed by atoms with Gasteiger partial charge in [-0.2, -0.15) is 13.2 Å². The molecule has 2 heterocycles. The Hall–Kier alpha value is -3.89. The minimum absolute atomic E-state index is 0.0295. The van der Waals surface area contributed by atoms with Crippen LogP contribution in [0.3, 0.4) is 0 Å². The van der Waals surface area contributed by atoms with Gasteiger partial charge in [-0.05, 0) is 54.1 Å². The van der Waals surface area contributed by atoms with Crippen LogP contribution < -0.4 is 15.0 Å². The van der Waals surface area contributed by atoms with E-state index < -0.39 is 65.2 Å². The van der Waals surface area contributed by atoms with E-state index in [1.165, 1.54) is 54.4 Å². The van der Waals surface area contributed by atoms with Gasteiger partial charge in [-0.3, -0.25) is 9.53 Å². The number of nitrogens with zero attached hydrogens (tertiary/aromatic N) is 2. The van der Waals surface area contributed by atoms with Crippen LogP contribution in [0.5, 0.6) is 5.75 Å². The van der Waals surface area contributed by atoms with E-state index in [1.807, 2.05) is 0 Å². The Kier molecular flexibility index (Phi) is 10.3. The molecule has 3 aromatic rings. The molecule has 1 amide bonds. The Balaban J connectivity index is 1.45. The molecule has 0 bridgehead atoms. The van der Waals surface area contributed by atoms with Gasteiger partial charge in [-0.15, -0.1) is 13.2 Å². The SMILES string of the molecule is CCS(=O)(=O)c1ccc([C@H](CO)NC(=O)c2ccc(N3C[C@@H](Oc4ccc(C(F)(F)F)cc4)C[C@H]3COC(F)(F)F)nc2)cc1. The summed E-state index contributed by atoms with van der Waals surface area (Å²) in [5.41, 5.74) is -0.352. The highest BCUT2D eigenvalue weighted by Crippen LogP contribution is 2.32. The molecule has 0 unspecified atom stereocenters. The molecule has 1 fully saturated rings. The standard InChI is InChI=1S/C29H29F6N3O6S/c1-2-45(41,42)24-10-3-18(4-11-24)25(16-39)37-27(40)19-5-12-26(36-14-19)38-15-23(13-21(38)17-43-29(33,34)35)44-22-8-6-20(7-9-22)28(30,31)32/h3-12,14,21,23,25,39H,2,13,15-17H2,1H3,(H,37,40)/t21-,23-,25-/m0/s1. The minimum Gasteiger partial charge on any atom is -0.489 e. The van der Waals surface area contributed by atoms with Gasteiger partial charge in [-0.25, -0.2) is 13.4 Å². The molecule has 16 heteroatoms. The molecule has 3 atom stereocenters. The Morgan fingerprint density at radius 1 is 1.04 bits per heavy atom. The van der Waals surface area contributed by atoms with Gasteiger partial charge < -0.3 is 20.1 Å². The number of halogens is 6. The van der Waals surface area contributed by atoms with Gasteiger partial charge in [0.1, 0.15) is 17.7 Å². The number of carbonyl (C=O) groups is 1. The average molecular weight is 662 g/mol. The lowest BCUT2D eigenvalue weighted by Gasteiger charge is -2.25. The van der Waals surface area contributed by atoms with Crippen molar-refractivity contribution in [3.05, 3.63) is 83.6 Å². The predicted octanol–water partition coefficient (Wildman–Crippen LogP) is 4.92. The van der Waals surface area contributed by atoms with Crippen molar-refractivity contribution >= 4 is 21.6 Å². The third-order valence-corrected chi connectivity index (χ3v) is 8.86. The van der Waals surface area contributed by atoms with E-state index in [-0.39, 0.29) is 40.7 Å². The largest absolute Gasteiger partial charge is 0.522 e. The quantitative estimate of drug-likeness (QED) is 0.278. The number of ether oxygens (including phenoxy) is 2. The van der Waals surface area contributed by atoms with Gasteiger partial charge >= 0.3 is 12.5 Å². The number of aliphatic hydroxyl groups excluding tert-OH is 1. The molecule has 1 aliphatic rings. The molecule has 1 aromatic heterocycles. The fourth-order valence-corrected chi connectivity index (χ4v) is 5.63. The van der Waals surface area contributed by atoms with Crippen molar-refractivity contribution in [3.63, 3.8) is 0 Å². The summed E-state index contributed by atoms with van der Waals surface area (Å²) in [6.45, 7) is 0.277. The van der Waals surface area contributed by atoms with Crippen LogP contribution in [0, 0.1) is 0 Å². The number of aliphatic hydroxyl groups is 1. The number of hydrogen-bond acceptors (Lipinski definition) is 8. The van der Waals surface area contributed by atoms with Crippen LogP contribution in [0.4, 0.5) is 32.2 Å². The number of carbonyl (C=O) groups excluding carboxylic acids is 1. The lowest BCUT2D eigenvalue weighted by Crippen LogP contribution is -2.36. The van der Waals surface area contributed by atoms with E-state index in [1.54, 1.807) is 0 Å². The second-order valence-electron chi connectivity index (χ2n) is 10.1. The summed E-state index contributed by atoms with van der Waals surface area (Å²) >= 11 is 0. The number of aromatic nitrogens is 1. The topological polar surface area (TPSA) is 118 Å². The van der Waals surface area contributed by atoms with Gasteiger partial charge in [0.05, 0.1) is 53.6 Å². The van der Waals surface area contributed by atoms with Gasteiger partial charge in [-0.1, -0.05) is 19.1 Å². The van der Waals surface area contributed by atoms with E-state index in [0.717, 1.165) is 24.3 Å². The number of benzene rings is 2. The second kappa shape index (κ2) is 13.6. The van der Waals surface area contributed by atoms with Crippen molar-refractivity contribution in [3.8, 4) is 5.75 Å². The first-order valence-electron chi connectivity index (χ1n) is 13.6. The van der Waals surface area contributed by atoms with E-state index in [2.05, 4.69) is 15.0 Å². The molecule has 0 radical (unpaired) electrons. The number of hydrogen-bond donors (Lipinski definition) is 2. The van der Waals surface area contributed by atoms with Crippen LogP contribution >= 0.6 is 0 Å². The highest BCUT2D eigenvalue weighted by molar-refractivity contribution is 7.91. The van der Waals surface area contributed by atoms with Gasteiger partial charge in [0.2, 0.25) is 0 Å². The Morgan fingerprint density at radius 2 is 1.71 bits per heavy atom. The van der Waals surface area contributed by atoms with Crippen molar-refractivity contribution in [1.29, 1.82) is 0 Å². The fraction of sp³-hybridized carbons (Fsp3) is 0.379. The summed E-state index contributed by atoms with van der Waals surface area (Å²) in [7, 11) is -3.44. The van der Waals surface area contributed by atoms with E-state index >= 15 is 0 Å². The lowest BCUT2D eigenvalue weighted by molar-refractivity contribution is -0.325. The molecule has 1 aliphatic heterocycles. The Bertz CT molecular complexity index is 1550. The maximum Gasteiger partial charge on any atom is 0.522 e. The molecule has 1 saturated heterocycles. The molecule has 9 nitrogen and oxygen atoms in total. The monoisotopic (exact) mass is 661 g/mol. The Morgan fingerprint density at radius 3 is 2.24 bits per heavy atom. The molecule has 244 valence electrons. The number of anilines is 1. The van der Waals surface area contributed by atoms with Crippen molar-refractivity contribution in [2.75, 3.05) is 30.4 Å². The van der Waals surface area contributed by atoms with Crippen LogP contribution in [0.2, 0.25) is 0 Å². The molecular weight excluding hydrogens is 632 g/mol. The summed E-state index contributed by atoms with van der Waals surface area (Å²) in [5, 5.41) is 12.5. The smallest absolute Gasteiger partial charge is 0.489 e. The predicted molar refractivity (Wildman–Crippen MR) is 149 cm³/mol. The summed E-state index contributed by atoms with van der Waals surface area (Å²) in [6.07, 6.45) is -8.92. The first-order valence-corrected chi connectivity index (χ1v) is 15.3. The van der Waals surface area contributed by atoms with Crippen LogP contribution in [0.1, 0.15) is 40.9 Å². The van der Waals surface area contributed by atoms with E-state index in [4.69, 9.17) is 4.74 Å². The Labute approximate surface area is 254 Å². The number of nitrogens with one attached hydrogen (secondary N) is 1. The van der Waals surface area contributed by atoms with Crippen LogP contribution in [-0.4, -0.2) is 68.4 Å². The molecule has 2 aromatic carbocycles. The number of sulfone groups is 1. The minimum atomic E-state index is -4.90. The van der Waals surface area contributed by atoms with Crippen LogP contribution in [0.25, 0.3) is 0 Å². The molecular formula is C29H29F6N3O6S. The molecule has 0 aliphatic carbocycles. The lowest BCUT2D eigenvalue weighted by atomic mass is 10.1. The van der Waals surface area contributed by atoms with Crippen molar-refractivity contribution in [1.82, 2.24) is 10.3 Å². The molecule has 45 heavy (non-hydrogen) atoms. The van der Waals surface area contributed by atoms with Crippen molar-refractivity contribution < 1.29 is 54.1 Å². The first-order chi connectivity index (χ1) is 21.1. The molecule has 2 N–H and O–H groups in total. The third-order valence-electron chi connectivity index (χ3n) is 7.11. The summed E-state index contributed by atoms with van der Waals surface area (Å²) < 4.78 is 111. The van der Waals surface area contributed by atoms with Crippen LogP contribution in [-0.2, 0) is 20.8 Å². The number of alkyl halides is 6. The first kappa shape index (κ1) is 34.0. The van der Waals surface area contributed by atoms with E-state index in [9.17, 15) is 44.7 Å². The summed E-state index contributed by atoms with van der Waals surface area (Å²) in [6, 6.07) is 10.7. The van der Waals surface area contributed by atoms with Crippen molar-refractivity contribution in [2.45, 2.75) is 49.0 Å². The average Bonchev–Trinajstić information content (AvgIpc) is 3.40. The zero-order valence-electron chi connectivity index (χ0n) is 23.7. The highest BCUT2D eigenvalue weighted by atomic mass is 32.2. The van der Waals surface area contributed by atoms with Crippen LogP contribution in [0.15, 0.2) is 71.8 Å². The number of amides is 1. The number of rotatable bonds is 11. The highest BCUT2D eigenvalue weighted by Gasteiger charge is 2.39. The molecule has 0 spiro atoms. The molecule has 4 rings (SSSR count). The third kappa shape index (κ3) is 8.85. The zero-order valence-corrected chi connectivity index (χ0v) is 24.5. The van der Waals surface area contributed by atoms with E-state index in [0.29, 0.717) is 5.56 Å². The second-order valence-corrected chi connectivity index (χ2v) is 12.4.